The monoisotopic (exact) mass is 364 g/mol. The Morgan fingerprint density at radius 2 is 1.91 bits per heavy atom. The predicted octanol–water partition coefficient (Wildman–Crippen LogP) is 1.37. The lowest BCUT2D eigenvalue weighted by Crippen LogP contribution is -3.14. The van der Waals surface area contributed by atoms with Crippen LogP contribution in [0.3, 0.4) is 0 Å². The summed E-state index contributed by atoms with van der Waals surface area (Å²) in [5.74, 6) is -0.657. The lowest BCUT2D eigenvalue weighted by Gasteiger charge is -2.27. The Morgan fingerprint density at radius 3 is 2.59 bits per heavy atom. The minimum atomic E-state index is -0.301. The van der Waals surface area contributed by atoms with Crippen molar-refractivity contribution in [2.24, 2.45) is 11.7 Å². The van der Waals surface area contributed by atoms with Gasteiger partial charge in [-0.3, -0.25) is 9.59 Å². The van der Waals surface area contributed by atoms with Gasteiger partial charge in [0.25, 0.3) is 5.91 Å². The van der Waals surface area contributed by atoms with Crippen LogP contribution in [-0.4, -0.2) is 31.4 Å². The van der Waals surface area contributed by atoms with Crippen LogP contribution in [0.5, 0.6) is 0 Å². The van der Waals surface area contributed by atoms with Crippen LogP contribution in [0.1, 0.15) is 12.8 Å². The van der Waals surface area contributed by atoms with Crippen molar-refractivity contribution in [3.05, 3.63) is 27.2 Å². The van der Waals surface area contributed by atoms with E-state index in [0.717, 1.165) is 24.3 Å². The highest BCUT2D eigenvalue weighted by atomic mass is 35.5. The Bertz CT molecular complexity index is 595. The number of carbonyl (C=O) groups is 2. The number of benzene rings is 1. The molecule has 0 radical (unpaired) electrons. The highest BCUT2D eigenvalue weighted by Crippen LogP contribution is 2.32. The number of carbonyl (C=O) groups excluding carboxylic acids is 2. The average Bonchev–Trinajstić information content (AvgIpc) is 2.45. The first-order valence-corrected chi connectivity index (χ1v) is 8.07. The number of quaternary nitrogens is 1. The smallest absolute Gasteiger partial charge is 0.279 e. The highest BCUT2D eigenvalue weighted by molar-refractivity contribution is 6.44. The zero-order valence-corrected chi connectivity index (χ0v) is 14.1. The summed E-state index contributed by atoms with van der Waals surface area (Å²) in [4.78, 5) is 24.4. The summed E-state index contributed by atoms with van der Waals surface area (Å²) >= 11 is 17.8. The van der Waals surface area contributed by atoms with Crippen LogP contribution in [0.4, 0.5) is 5.69 Å². The topological polar surface area (TPSA) is 76.6 Å². The molecule has 1 unspecified atom stereocenters. The third-order valence-corrected chi connectivity index (χ3v) is 4.75. The maximum atomic E-state index is 12.1. The standard InChI is InChI=1S/C14H16Cl3N3O2/c15-9-4-11(17)12(5-10(9)16)19-13(21)7-20-3-1-2-8(6-20)14(18)22/h4-5,8H,1-3,6-7H2,(H2,18,22)(H,19,21)/p+1/t8-/m0/s1. The van der Waals surface area contributed by atoms with Gasteiger partial charge in [-0.25, -0.2) is 0 Å². The molecule has 1 aromatic carbocycles. The van der Waals surface area contributed by atoms with Gasteiger partial charge in [0.15, 0.2) is 6.54 Å². The second kappa shape index (κ2) is 7.51. The summed E-state index contributed by atoms with van der Waals surface area (Å²) < 4.78 is 0. The fourth-order valence-corrected chi connectivity index (χ4v) is 3.19. The molecule has 120 valence electrons. The molecule has 5 nitrogen and oxygen atoms in total. The minimum absolute atomic E-state index is 0.162. The third-order valence-electron chi connectivity index (χ3n) is 3.71. The maximum absolute atomic E-state index is 12.1. The Hall–Kier alpha value is -1.01. The lowest BCUT2D eigenvalue weighted by molar-refractivity contribution is -0.899. The first-order valence-electron chi connectivity index (χ1n) is 6.94. The number of halogens is 3. The Morgan fingerprint density at radius 1 is 1.23 bits per heavy atom. The van der Waals surface area contributed by atoms with Gasteiger partial charge in [-0.1, -0.05) is 34.8 Å². The average molecular weight is 366 g/mol. The molecule has 0 aliphatic carbocycles. The molecule has 8 heteroatoms. The first-order chi connectivity index (χ1) is 10.4. The third kappa shape index (κ3) is 4.49. The van der Waals surface area contributed by atoms with Gasteiger partial charge in [0.05, 0.1) is 39.8 Å². The molecule has 1 heterocycles. The molecule has 22 heavy (non-hydrogen) atoms. The second-order valence-corrected chi connectivity index (χ2v) is 6.64. The van der Waals surface area contributed by atoms with E-state index in [9.17, 15) is 9.59 Å². The van der Waals surface area contributed by atoms with E-state index in [2.05, 4.69) is 5.32 Å². The number of amides is 2. The van der Waals surface area contributed by atoms with E-state index in [1.807, 2.05) is 0 Å². The summed E-state index contributed by atoms with van der Waals surface area (Å²) in [6, 6.07) is 3.00. The SMILES string of the molecule is NC(=O)[C@H]1CCC[NH+](CC(=O)Nc2cc(Cl)c(Cl)cc2Cl)C1. The van der Waals surface area contributed by atoms with Crippen molar-refractivity contribution in [3.8, 4) is 0 Å². The number of piperidine rings is 1. The molecule has 0 saturated carbocycles. The van der Waals surface area contributed by atoms with Crippen LogP contribution in [-0.2, 0) is 9.59 Å². The lowest BCUT2D eigenvalue weighted by atomic mass is 9.97. The normalized spacial score (nSPS) is 21.4. The van der Waals surface area contributed by atoms with E-state index in [1.165, 1.54) is 12.1 Å². The Kier molecular flexibility index (Phi) is 5.92. The molecule has 0 bridgehead atoms. The first kappa shape index (κ1) is 17.3. The van der Waals surface area contributed by atoms with Gasteiger partial charge in [0.2, 0.25) is 5.91 Å². The molecule has 1 aliphatic heterocycles. The number of likely N-dealkylation sites (tertiary alicyclic amines) is 1. The van der Waals surface area contributed by atoms with Gasteiger partial charge in [-0.15, -0.1) is 0 Å². The molecule has 0 aromatic heterocycles. The van der Waals surface area contributed by atoms with E-state index in [1.54, 1.807) is 0 Å². The molecule has 1 aliphatic rings. The van der Waals surface area contributed by atoms with Gasteiger partial charge >= 0.3 is 0 Å². The van der Waals surface area contributed by atoms with Crippen molar-refractivity contribution in [1.82, 2.24) is 0 Å². The number of anilines is 1. The van der Waals surface area contributed by atoms with Crippen molar-refractivity contribution >= 4 is 52.3 Å². The summed E-state index contributed by atoms with van der Waals surface area (Å²) in [6.45, 7) is 1.67. The van der Waals surface area contributed by atoms with Crippen molar-refractivity contribution in [3.63, 3.8) is 0 Å². The molecule has 1 saturated heterocycles. The summed E-state index contributed by atoms with van der Waals surface area (Å²) in [6.07, 6.45) is 1.67. The van der Waals surface area contributed by atoms with Crippen LogP contribution in [0.25, 0.3) is 0 Å². The van der Waals surface area contributed by atoms with E-state index in [-0.39, 0.29) is 24.3 Å². The zero-order valence-electron chi connectivity index (χ0n) is 11.8. The van der Waals surface area contributed by atoms with Crippen molar-refractivity contribution in [1.29, 1.82) is 0 Å². The molecule has 0 spiro atoms. The molecule has 1 fully saturated rings. The number of nitrogens with one attached hydrogen (secondary N) is 2. The van der Waals surface area contributed by atoms with Gasteiger partial charge in [0, 0.05) is 0 Å². The molecule has 2 amide bonds. The van der Waals surface area contributed by atoms with Crippen LogP contribution in [0.2, 0.25) is 15.1 Å². The van der Waals surface area contributed by atoms with E-state index < -0.39 is 0 Å². The van der Waals surface area contributed by atoms with E-state index in [0.29, 0.717) is 27.3 Å². The van der Waals surface area contributed by atoms with Crippen LogP contribution >= 0.6 is 34.8 Å². The fraction of sp³-hybridized carbons (Fsp3) is 0.429. The second-order valence-electron chi connectivity index (χ2n) is 5.42. The molecule has 2 rings (SSSR count). The number of primary amides is 1. The summed E-state index contributed by atoms with van der Waals surface area (Å²) in [5.41, 5.74) is 5.76. The van der Waals surface area contributed by atoms with Crippen molar-refractivity contribution < 1.29 is 14.5 Å². The van der Waals surface area contributed by atoms with Crippen molar-refractivity contribution in [2.45, 2.75) is 12.8 Å². The Labute approximate surface area is 143 Å². The molecular weight excluding hydrogens is 349 g/mol. The predicted molar refractivity (Wildman–Crippen MR) is 87.6 cm³/mol. The van der Waals surface area contributed by atoms with Crippen LogP contribution in [0.15, 0.2) is 12.1 Å². The summed E-state index contributed by atoms with van der Waals surface area (Å²) in [5, 5.41) is 3.69. The fourth-order valence-electron chi connectivity index (χ4n) is 2.59. The number of rotatable bonds is 4. The number of hydrogen-bond acceptors (Lipinski definition) is 2. The Balaban J connectivity index is 1.96. The largest absolute Gasteiger partial charge is 0.369 e. The molecule has 1 aromatic rings. The van der Waals surface area contributed by atoms with Crippen LogP contribution < -0.4 is 16.0 Å². The van der Waals surface area contributed by atoms with Gasteiger partial charge in [-0.05, 0) is 25.0 Å². The van der Waals surface area contributed by atoms with Crippen molar-refractivity contribution in [2.75, 3.05) is 25.0 Å². The van der Waals surface area contributed by atoms with Gasteiger partial charge in [0.1, 0.15) is 0 Å². The maximum Gasteiger partial charge on any atom is 0.279 e. The summed E-state index contributed by atoms with van der Waals surface area (Å²) in [7, 11) is 0. The molecule has 4 N–H and O–H groups in total. The number of nitrogens with two attached hydrogens (primary N) is 1. The zero-order chi connectivity index (χ0) is 16.3. The quantitative estimate of drug-likeness (QED) is 0.705. The van der Waals surface area contributed by atoms with E-state index >= 15 is 0 Å². The molecule has 2 atom stereocenters. The van der Waals surface area contributed by atoms with E-state index in [4.69, 9.17) is 40.5 Å². The minimum Gasteiger partial charge on any atom is -0.369 e. The number of hydrogen-bond donors (Lipinski definition) is 3. The highest BCUT2D eigenvalue weighted by Gasteiger charge is 2.28. The van der Waals surface area contributed by atoms with Gasteiger partial charge < -0.3 is 16.0 Å². The van der Waals surface area contributed by atoms with Crippen LogP contribution in [0, 0.1) is 5.92 Å². The van der Waals surface area contributed by atoms with Gasteiger partial charge in [-0.2, -0.15) is 0 Å². The molecular formula is C14H17Cl3N3O2+.